The van der Waals surface area contributed by atoms with Gasteiger partial charge < -0.3 is 19.5 Å². The molecule has 0 spiro atoms. The van der Waals surface area contributed by atoms with Crippen LogP contribution in [0.1, 0.15) is 12.8 Å². The third-order valence-electron chi connectivity index (χ3n) is 4.09. The fourth-order valence-electron chi connectivity index (χ4n) is 2.84. The van der Waals surface area contributed by atoms with Crippen molar-refractivity contribution in [2.24, 2.45) is 7.05 Å². The van der Waals surface area contributed by atoms with Crippen molar-refractivity contribution in [1.29, 1.82) is 0 Å². The number of amides is 1. The maximum atomic E-state index is 12.2. The Morgan fingerprint density at radius 2 is 2.32 bits per heavy atom. The summed E-state index contributed by atoms with van der Waals surface area (Å²) in [7, 11) is 1.70. The van der Waals surface area contributed by atoms with Crippen molar-refractivity contribution in [2.45, 2.75) is 18.9 Å². The first-order valence-corrected chi connectivity index (χ1v) is 8.22. The molecule has 1 saturated heterocycles. The molecule has 3 heterocycles. The van der Waals surface area contributed by atoms with Crippen molar-refractivity contribution in [1.82, 2.24) is 19.9 Å². The molecule has 8 heteroatoms. The first kappa shape index (κ1) is 16.9. The fraction of sp³-hybridized carbons (Fsp3) is 0.412. The number of piperidine rings is 1. The predicted molar refractivity (Wildman–Crippen MR) is 92.6 cm³/mol. The van der Waals surface area contributed by atoms with E-state index in [0.717, 1.165) is 19.4 Å². The highest BCUT2D eigenvalue weighted by Crippen LogP contribution is 2.14. The van der Waals surface area contributed by atoms with Gasteiger partial charge >= 0.3 is 0 Å². The summed E-state index contributed by atoms with van der Waals surface area (Å²) in [4.78, 5) is 34.4. The number of ether oxygens (including phenoxy) is 1. The fourth-order valence-corrected chi connectivity index (χ4v) is 2.84. The molecule has 1 N–H and O–H groups in total. The van der Waals surface area contributed by atoms with E-state index in [4.69, 9.17) is 4.74 Å². The number of aryl methyl sites for hydroxylation is 1. The lowest BCUT2D eigenvalue weighted by atomic mass is 10.1. The number of carbonyl (C=O) groups is 1. The Bertz CT molecular complexity index is 777. The molecule has 1 unspecified atom stereocenters. The summed E-state index contributed by atoms with van der Waals surface area (Å²) in [6.07, 6.45) is 8.19. The van der Waals surface area contributed by atoms with Crippen LogP contribution in [0.4, 0.5) is 5.82 Å². The number of hydrogen-bond acceptors (Lipinski definition) is 6. The van der Waals surface area contributed by atoms with Crippen LogP contribution in [0.2, 0.25) is 0 Å². The standard InChI is InChI=1S/C17H21N5O3/c1-21-9-7-19-16(17(21)24)22-8-3-4-13(11-22)20-15(23)12-25-14-5-2-6-18-10-14/h2,5-7,9-10,13H,3-4,8,11-12H2,1H3,(H,20,23). The first-order valence-electron chi connectivity index (χ1n) is 8.22. The molecule has 0 bridgehead atoms. The van der Waals surface area contributed by atoms with Gasteiger partial charge in [-0.2, -0.15) is 0 Å². The van der Waals surface area contributed by atoms with Gasteiger partial charge in [-0.3, -0.25) is 14.6 Å². The van der Waals surface area contributed by atoms with Gasteiger partial charge in [0.1, 0.15) is 5.75 Å². The van der Waals surface area contributed by atoms with E-state index in [9.17, 15) is 9.59 Å². The van der Waals surface area contributed by atoms with Gasteiger partial charge in [-0.25, -0.2) is 4.98 Å². The van der Waals surface area contributed by atoms with Crippen LogP contribution in [-0.2, 0) is 11.8 Å². The average Bonchev–Trinajstić information content (AvgIpc) is 2.63. The van der Waals surface area contributed by atoms with E-state index in [1.54, 1.807) is 44.0 Å². The highest BCUT2D eigenvalue weighted by atomic mass is 16.5. The minimum absolute atomic E-state index is 0.0366. The van der Waals surface area contributed by atoms with Gasteiger partial charge in [0.25, 0.3) is 11.5 Å². The monoisotopic (exact) mass is 343 g/mol. The van der Waals surface area contributed by atoms with Gasteiger partial charge in [-0.1, -0.05) is 0 Å². The lowest BCUT2D eigenvalue weighted by Crippen LogP contribution is -2.50. The highest BCUT2D eigenvalue weighted by molar-refractivity contribution is 5.78. The molecule has 0 saturated carbocycles. The van der Waals surface area contributed by atoms with E-state index in [1.807, 2.05) is 4.90 Å². The Morgan fingerprint density at radius 1 is 1.44 bits per heavy atom. The molecule has 1 aliphatic heterocycles. The number of carbonyl (C=O) groups excluding carboxylic acids is 1. The Morgan fingerprint density at radius 3 is 3.12 bits per heavy atom. The highest BCUT2D eigenvalue weighted by Gasteiger charge is 2.24. The Hall–Kier alpha value is -2.90. The van der Waals surface area contributed by atoms with Crippen LogP contribution in [0, 0.1) is 0 Å². The predicted octanol–water partition coefficient (Wildman–Crippen LogP) is 0.339. The van der Waals surface area contributed by atoms with Crippen LogP contribution in [-0.4, -0.2) is 46.2 Å². The number of anilines is 1. The van der Waals surface area contributed by atoms with Crippen molar-refractivity contribution in [3.05, 3.63) is 47.3 Å². The molecular formula is C17H21N5O3. The van der Waals surface area contributed by atoms with Gasteiger partial charge in [-0.15, -0.1) is 0 Å². The smallest absolute Gasteiger partial charge is 0.293 e. The summed E-state index contributed by atoms with van der Waals surface area (Å²) in [6, 6.07) is 3.46. The lowest BCUT2D eigenvalue weighted by molar-refractivity contribution is -0.123. The molecule has 2 aromatic heterocycles. The molecule has 1 atom stereocenters. The molecule has 0 aromatic carbocycles. The average molecular weight is 343 g/mol. The minimum atomic E-state index is -0.190. The van der Waals surface area contributed by atoms with Gasteiger partial charge in [0.05, 0.1) is 6.20 Å². The molecule has 1 fully saturated rings. The van der Waals surface area contributed by atoms with E-state index >= 15 is 0 Å². The Balaban J connectivity index is 1.55. The summed E-state index contributed by atoms with van der Waals surface area (Å²) < 4.78 is 6.91. The van der Waals surface area contributed by atoms with Gasteiger partial charge in [0.2, 0.25) is 0 Å². The number of pyridine rings is 1. The maximum Gasteiger partial charge on any atom is 0.293 e. The van der Waals surface area contributed by atoms with Gasteiger partial charge in [0, 0.05) is 44.8 Å². The van der Waals surface area contributed by atoms with Crippen molar-refractivity contribution in [3.63, 3.8) is 0 Å². The zero-order chi connectivity index (χ0) is 17.6. The first-order chi connectivity index (χ1) is 12.1. The number of rotatable bonds is 5. The normalized spacial score (nSPS) is 17.2. The largest absolute Gasteiger partial charge is 0.482 e. The zero-order valence-electron chi connectivity index (χ0n) is 14.1. The van der Waals surface area contributed by atoms with Crippen LogP contribution < -0.4 is 20.5 Å². The SMILES string of the molecule is Cn1ccnc(N2CCCC(NC(=O)COc3cccnc3)C2)c1=O. The van der Waals surface area contributed by atoms with Crippen LogP contribution >= 0.6 is 0 Å². The molecule has 132 valence electrons. The molecule has 2 aromatic rings. The molecule has 1 amide bonds. The minimum Gasteiger partial charge on any atom is -0.482 e. The summed E-state index contributed by atoms with van der Waals surface area (Å²) in [5, 5.41) is 2.96. The second kappa shape index (κ2) is 7.78. The topological polar surface area (TPSA) is 89.3 Å². The van der Waals surface area contributed by atoms with Gasteiger partial charge in [-0.05, 0) is 25.0 Å². The van der Waals surface area contributed by atoms with Crippen molar-refractivity contribution in [2.75, 3.05) is 24.6 Å². The molecule has 0 aliphatic carbocycles. The van der Waals surface area contributed by atoms with Crippen LogP contribution in [0.5, 0.6) is 5.75 Å². The van der Waals surface area contributed by atoms with E-state index < -0.39 is 0 Å². The number of hydrogen-bond donors (Lipinski definition) is 1. The van der Waals surface area contributed by atoms with Crippen molar-refractivity contribution < 1.29 is 9.53 Å². The quantitative estimate of drug-likeness (QED) is 0.842. The summed E-state index contributed by atoms with van der Waals surface area (Å²) in [5.41, 5.74) is -0.130. The van der Waals surface area contributed by atoms with Crippen LogP contribution in [0.25, 0.3) is 0 Å². The second-order valence-electron chi connectivity index (χ2n) is 6.00. The summed E-state index contributed by atoms with van der Waals surface area (Å²) in [6.45, 7) is 1.25. The Labute approximate surface area is 145 Å². The number of nitrogens with one attached hydrogen (secondary N) is 1. The summed E-state index contributed by atoms with van der Waals surface area (Å²) in [5.74, 6) is 0.792. The third-order valence-corrected chi connectivity index (χ3v) is 4.09. The molecule has 0 radical (unpaired) electrons. The van der Waals surface area contributed by atoms with Crippen molar-refractivity contribution in [3.8, 4) is 5.75 Å². The number of aromatic nitrogens is 3. The molecule has 1 aliphatic rings. The van der Waals surface area contributed by atoms with E-state index in [-0.39, 0.29) is 24.1 Å². The number of nitrogens with zero attached hydrogens (tertiary/aromatic N) is 4. The van der Waals surface area contributed by atoms with Crippen molar-refractivity contribution >= 4 is 11.7 Å². The second-order valence-corrected chi connectivity index (χ2v) is 6.00. The molecule has 3 rings (SSSR count). The van der Waals surface area contributed by atoms with E-state index in [2.05, 4.69) is 15.3 Å². The summed E-state index contributed by atoms with van der Waals surface area (Å²) >= 11 is 0. The van der Waals surface area contributed by atoms with E-state index in [0.29, 0.717) is 18.1 Å². The van der Waals surface area contributed by atoms with Crippen LogP contribution in [0.3, 0.4) is 0 Å². The zero-order valence-corrected chi connectivity index (χ0v) is 14.1. The maximum absolute atomic E-state index is 12.2. The Kier molecular flexibility index (Phi) is 5.27. The molecule has 25 heavy (non-hydrogen) atoms. The van der Waals surface area contributed by atoms with E-state index in [1.165, 1.54) is 4.57 Å². The lowest BCUT2D eigenvalue weighted by Gasteiger charge is -2.33. The molecular weight excluding hydrogens is 322 g/mol. The van der Waals surface area contributed by atoms with Crippen LogP contribution in [0.15, 0.2) is 41.7 Å². The van der Waals surface area contributed by atoms with Gasteiger partial charge in [0.15, 0.2) is 12.4 Å². The third kappa shape index (κ3) is 4.34. The molecule has 8 nitrogen and oxygen atoms in total.